The van der Waals surface area contributed by atoms with Crippen LogP contribution >= 0.6 is 0 Å². The third-order valence-corrected chi connectivity index (χ3v) is 15.3. The average Bonchev–Trinajstić information content (AvgIpc) is 3.81. The zero-order valence-electron chi connectivity index (χ0n) is 33.9. The molecule has 0 aliphatic carbocycles. The molecule has 1 saturated heterocycles. The van der Waals surface area contributed by atoms with E-state index in [1.807, 2.05) is 48.5 Å². The van der Waals surface area contributed by atoms with E-state index in [2.05, 4.69) is 65.3 Å². The Balaban J connectivity index is 1.29. The SMILES string of the molecule is CCOC(=O)[C@]1(n2cnc3c(OC(=O)N(c4ccccc4)c4ccccc4)nc(NC(C)=O)nc32)C[C@H](CO[Si](c2ccccc2)(c2ccccc2)C(C)(C)C)N(C)O1. The van der Waals surface area contributed by atoms with Crippen molar-refractivity contribution in [3.05, 3.63) is 128 Å². The van der Waals surface area contributed by atoms with Crippen molar-refractivity contribution in [1.82, 2.24) is 24.6 Å². The lowest BCUT2D eigenvalue weighted by Gasteiger charge is -2.43. The van der Waals surface area contributed by atoms with Crippen LogP contribution in [-0.2, 0) is 29.3 Å². The van der Waals surface area contributed by atoms with Crippen molar-refractivity contribution < 1.29 is 33.1 Å². The lowest BCUT2D eigenvalue weighted by atomic mass is 10.1. The Labute approximate surface area is 343 Å². The van der Waals surface area contributed by atoms with E-state index in [1.54, 1.807) is 67.6 Å². The molecule has 2 atom stereocenters. The maximum atomic E-state index is 14.3. The maximum Gasteiger partial charge on any atom is 0.425 e. The number of fused-ring (bicyclic) bond motifs is 1. The maximum absolute atomic E-state index is 14.3. The van der Waals surface area contributed by atoms with Crippen molar-refractivity contribution in [2.45, 2.75) is 57.8 Å². The molecular weight excluding hydrogens is 767 g/mol. The molecule has 1 fully saturated rings. The van der Waals surface area contributed by atoms with E-state index in [0.29, 0.717) is 11.4 Å². The molecule has 304 valence electrons. The molecule has 0 unspecified atom stereocenters. The summed E-state index contributed by atoms with van der Waals surface area (Å²) in [5, 5.41) is 6.12. The normalized spacial score (nSPS) is 17.1. The minimum atomic E-state index is -2.98. The first kappa shape index (κ1) is 40.9. The molecule has 1 aliphatic heterocycles. The van der Waals surface area contributed by atoms with Crippen LogP contribution in [0.2, 0.25) is 5.04 Å². The molecule has 14 nitrogen and oxygen atoms in total. The number of hydroxylamine groups is 2. The number of amides is 2. The van der Waals surface area contributed by atoms with Crippen molar-refractivity contribution in [1.29, 1.82) is 0 Å². The highest BCUT2D eigenvalue weighted by molar-refractivity contribution is 6.99. The van der Waals surface area contributed by atoms with Gasteiger partial charge in [-0.25, -0.2) is 19.5 Å². The molecule has 2 aromatic heterocycles. The summed E-state index contributed by atoms with van der Waals surface area (Å²) in [4.78, 5) is 62.3. The zero-order valence-corrected chi connectivity index (χ0v) is 34.9. The number of para-hydroxylation sites is 2. The Kier molecular flexibility index (Phi) is 11.7. The summed E-state index contributed by atoms with van der Waals surface area (Å²) in [6.07, 6.45) is 0.635. The number of benzene rings is 4. The summed E-state index contributed by atoms with van der Waals surface area (Å²) in [6, 6.07) is 38.1. The number of ether oxygens (including phenoxy) is 2. The first-order chi connectivity index (χ1) is 28.4. The Morgan fingerprint density at radius 3 is 1.92 bits per heavy atom. The molecule has 59 heavy (non-hydrogen) atoms. The molecule has 0 radical (unpaired) electrons. The van der Waals surface area contributed by atoms with Crippen molar-refractivity contribution in [2.24, 2.45) is 0 Å². The minimum absolute atomic E-state index is 0.0375. The molecule has 2 amide bonds. The molecule has 7 rings (SSSR count). The number of nitrogens with one attached hydrogen (secondary N) is 1. The first-order valence-electron chi connectivity index (χ1n) is 19.4. The van der Waals surface area contributed by atoms with Crippen LogP contribution in [-0.4, -0.2) is 77.2 Å². The summed E-state index contributed by atoms with van der Waals surface area (Å²) in [5.74, 6) is -1.61. The standard InChI is InChI=1S/C44H47N7O7Si/c1-7-55-40(53)44(28-34(49(6)58-44)29-56-59(43(3,4)5,35-24-16-10-17-25-35)36-26-18-11-19-27-36)50-30-45-37-38(50)47-41(46-31(2)52)48-39(37)57-42(54)51(32-20-12-8-13-21-32)33-22-14-9-15-23-33/h8-27,30,34H,7,28-29H2,1-6H3,(H,46,47,48,52)/t34-,44+/m1/s1. The highest BCUT2D eigenvalue weighted by Gasteiger charge is 2.56. The fraction of sp³-hybridized carbons (Fsp3) is 0.273. The molecule has 0 bridgehead atoms. The number of hydrogen-bond donors (Lipinski definition) is 1. The number of likely N-dealkylation sites (N-methyl/N-ethyl adjacent to an activating group) is 1. The summed E-state index contributed by atoms with van der Waals surface area (Å²) in [5.41, 5.74) is -0.668. The second kappa shape index (κ2) is 16.9. The predicted octanol–water partition coefficient (Wildman–Crippen LogP) is 6.55. The van der Waals surface area contributed by atoms with Crippen LogP contribution in [0.15, 0.2) is 128 Å². The van der Waals surface area contributed by atoms with Gasteiger partial charge in [0.1, 0.15) is 6.33 Å². The number of carbonyl (C=O) groups is 3. The minimum Gasteiger partial charge on any atom is -0.462 e. The zero-order chi connectivity index (χ0) is 41.8. The lowest BCUT2D eigenvalue weighted by Crippen LogP contribution is -2.67. The van der Waals surface area contributed by atoms with Gasteiger partial charge in [0.15, 0.2) is 11.2 Å². The van der Waals surface area contributed by atoms with Gasteiger partial charge in [-0.1, -0.05) is 118 Å². The Morgan fingerprint density at radius 1 is 0.864 bits per heavy atom. The average molecular weight is 814 g/mol. The molecule has 0 saturated carbocycles. The fourth-order valence-corrected chi connectivity index (χ4v) is 12.2. The van der Waals surface area contributed by atoms with Crippen LogP contribution < -0.4 is 25.3 Å². The number of imidazole rings is 1. The van der Waals surface area contributed by atoms with Crippen molar-refractivity contribution in [2.75, 3.05) is 30.5 Å². The van der Waals surface area contributed by atoms with Gasteiger partial charge in [-0.15, -0.1) is 0 Å². The fourth-order valence-electron chi connectivity index (χ4n) is 7.62. The van der Waals surface area contributed by atoms with Crippen LogP contribution in [0.5, 0.6) is 5.88 Å². The Bertz CT molecular complexity index is 2340. The van der Waals surface area contributed by atoms with Gasteiger partial charge in [0, 0.05) is 20.4 Å². The van der Waals surface area contributed by atoms with Gasteiger partial charge in [0.05, 0.1) is 30.6 Å². The monoisotopic (exact) mass is 813 g/mol. The largest absolute Gasteiger partial charge is 0.462 e. The lowest BCUT2D eigenvalue weighted by molar-refractivity contribution is -0.236. The van der Waals surface area contributed by atoms with Gasteiger partial charge in [0.25, 0.3) is 19.9 Å². The topological polar surface area (TPSA) is 150 Å². The number of carbonyl (C=O) groups excluding carboxylic acids is 3. The smallest absolute Gasteiger partial charge is 0.425 e. The predicted molar refractivity (Wildman–Crippen MR) is 226 cm³/mol. The van der Waals surface area contributed by atoms with Crippen LogP contribution in [0.1, 0.15) is 41.0 Å². The third kappa shape index (κ3) is 7.97. The molecule has 6 aromatic rings. The second-order valence-corrected chi connectivity index (χ2v) is 19.5. The van der Waals surface area contributed by atoms with Crippen molar-refractivity contribution >= 4 is 65.1 Å². The molecular formula is C44H47N7O7Si. The van der Waals surface area contributed by atoms with E-state index in [9.17, 15) is 14.4 Å². The molecule has 0 spiro atoms. The molecule has 1 N–H and O–H groups in total. The van der Waals surface area contributed by atoms with Gasteiger partial charge in [-0.05, 0) is 46.6 Å². The van der Waals surface area contributed by atoms with Crippen LogP contribution in [0.25, 0.3) is 11.2 Å². The first-order valence-corrected chi connectivity index (χ1v) is 21.3. The molecule has 3 heterocycles. The Morgan fingerprint density at radius 2 is 1.41 bits per heavy atom. The van der Waals surface area contributed by atoms with Gasteiger partial charge in [0.2, 0.25) is 11.9 Å². The summed E-state index contributed by atoms with van der Waals surface area (Å²) in [6.45, 7) is 9.86. The van der Waals surface area contributed by atoms with E-state index in [1.165, 1.54) is 22.7 Å². The van der Waals surface area contributed by atoms with Crippen LogP contribution in [0.4, 0.5) is 22.1 Å². The molecule has 1 aliphatic rings. The molecule has 15 heteroatoms. The summed E-state index contributed by atoms with van der Waals surface area (Å²) >= 11 is 0. The number of rotatable bonds is 12. The third-order valence-electron chi connectivity index (χ3n) is 10.3. The highest BCUT2D eigenvalue weighted by atomic mass is 28.4. The van der Waals surface area contributed by atoms with Crippen LogP contribution in [0, 0.1) is 0 Å². The molecule has 4 aromatic carbocycles. The number of esters is 1. The van der Waals surface area contributed by atoms with E-state index < -0.39 is 38.1 Å². The van der Waals surface area contributed by atoms with Crippen LogP contribution in [0.3, 0.4) is 0 Å². The van der Waals surface area contributed by atoms with Gasteiger partial charge < -0.3 is 13.9 Å². The van der Waals surface area contributed by atoms with Gasteiger partial charge >= 0.3 is 12.1 Å². The Hall–Kier alpha value is -6.26. The highest BCUT2D eigenvalue weighted by Crippen LogP contribution is 2.42. The second-order valence-electron chi connectivity index (χ2n) is 15.2. The number of nitrogens with zero attached hydrogens (tertiary/aromatic N) is 6. The number of aromatic nitrogens is 4. The van der Waals surface area contributed by atoms with Gasteiger partial charge in [-0.3, -0.25) is 19.5 Å². The van der Waals surface area contributed by atoms with E-state index in [0.717, 1.165) is 10.4 Å². The summed E-state index contributed by atoms with van der Waals surface area (Å²) < 4.78 is 20.4. The van der Waals surface area contributed by atoms with Crippen molar-refractivity contribution in [3.8, 4) is 5.88 Å². The van der Waals surface area contributed by atoms with E-state index in [4.69, 9.17) is 18.7 Å². The number of anilines is 3. The number of hydrogen-bond acceptors (Lipinski definition) is 11. The van der Waals surface area contributed by atoms with E-state index >= 15 is 0 Å². The van der Waals surface area contributed by atoms with Crippen molar-refractivity contribution in [3.63, 3.8) is 0 Å². The van der Waals surface area contributed by atoms with Gasteiger partial charge in [-0.2, -0.15) is 15.0 Å². The van der Waals surface area contributed by atoms with E-state index in [-0.39, 0.29) is 47.7 Å². The quantitative estimate of drug-likeness (QED) is 0.106. The summed E-state index contributed by atoms with van der Waals surface area (Å²) in [7, 11) is -1.24.